The van der Waals surface area contributed by atoms with Gasteiger partial charge in [0.05, 0.1) is 4.90 Å². The molecule has 1 aromatic rings. The van der Waals surface area contributed by atoms with Gasteiger partial charge in [-0.25, -0.2) is 0 Å². The number of nitrogens with zero attached hydrogens (tertiary/aromatic N) is 1. The van der Waals surface area contributed by atoms with Crippen molar-refractivity contribution in [1.82, 2.24) is 4.57 Å². The van der Waals surface area contributed by atoms with Gasteiger partial charge in [-0.05, 0) is 0 Å². The maximum absolute atomic E-state index is 10.6. The van der Waals surface area contributed by atoms with Crippen molar-refractivity contribution in [1.29, 1.82) is 0 Å². The number of thiol groups is 1. The fourth-order valence-corrected chi connectivity index (χ4v) is 1.32. The third-order valence-electron chi connectivity index (χ3n) is 1.61. The summed E-state index contributed by atoms with van der Waals surface area (Å²) in [5, 5.41) is 18.6. The van der Waals surface area contributed by atoms with Crippen molar-refractivity contribution in [2.24, 2.45) is 0 Å². The molecule has 0 aliphatic heterocycles. The molecule has 1 aromatic heterocycles. The zero-order valence-corrected chi connectivity index (χ0v) is 8.82. The highest BCUT2D eigenvalue weighted by molar-refractivity contribution is 7.80. The van der Waals surface area contributed by atoms with Gasteiger partial charge in [0.15, 0.2) is 5.88 Å². The van der Waals surface area contributed by atoms with Gasteiger partial charge in [-0.1, -0.05) is 9.24 Å². The van der Waals surface area contributed by atoms with Gasteiger partial charge in [-0.15, -0.1) is 12.6 Å². The highest BCUT2D eigenvalue weighted by Crippen LogP contribution is 2.30. The lowest BCUT2D eigenvalue weighted by molar-refractivity contribution is -0.111. The number of hydrogen-bond acceptors (Lipinski definition) is 4. The highest BCUT2D eigenvalue weighted by Gasteiger charge is 2.10. The van der Waals surface area contributed by atoms with Crippen molar-refractivity contribution in [2.75, 3.05) is 0 Å². The molecule has 6 heteroatoms. The summed E-state index contributed by atoms with van der Waals surface area (Å²) in [6.07, 6.45) is 0.244. The summed E-state index contributed by atoms with van der Waals surface area (Å²) in [5.74, 6) is -0.208. The first-order valence-electron chi connectivity index (χ1n) is 3.61. The molecular formula is C7H10NO3PS. The van der Waals surface area contributed by atoms with Gasteiger partial charge in [0.2, 0.25) is 5.88 Å². The molecule has 0 fully saturated rings. The van der Waals surface area contributed by atoms with Crippen molar-refractivity contribution >= 4 is 27.4 Å². The fourth-order valence-electron chi connectivity index (χ4n) is 0.954. The molecule has 0 aliphatic rings. The second-order valence-corrected chi connectivity index (χ2v) is 3.71. The predicted octanol–water partition coefficient (Wildman–Crippen LogP) is 0.980. The molecule has 1 unspecified atom stereocenters. The number of carbonyl (C=O) groups excluding carboxylic acids is 1. The molecule has 0 spiro atoms. The lowest BCUT2D eigenvalue weighted by Crippen LogP contribution is -1.99. The molecule has 13 heavy (non-hydrogen) atoms. The average molecular weight is 219 g/mol. The summed E-state index contributed by atoms with van der Waals surface area (Å²) in [4.78, 5) is 10.9. The number of carbonyl (C=O) groups is 1. The highest BCUT2D eigenvalue weighted by atomic mass is 32.1. The van der Waals surface area contributed by atoms with Crippen LogP contribution in [0.2, 0.25) is 0 Å². The molecule has 0 saturated carbocycles. The Morgan fingerprint density at radius 2 is 2.23 bits per heavy atom. The maximum atomic E-state index is 10.6. The molecule has 0 bridgehead atoms. The minimum absolute atomic E-state index is 0.0757. The van der Waals surface area contributed by atoms with Crippen LogP contribution in [0.1, 0.15) is 6.42 Å². The molecule has 1 heterocycles. The Labute approximate surface area is 83.2 Å². The van der Waals surface area contributed by atoms with E-state index in [0.29, 0.717) is 4.90 Å². The van der Waals surface area contributed by atoms with Crippen molar-refractivity contribution in [3.05, 3.63) is 6.07 Å². The molecular weight excluding hydrogens is 209 g/mol. The van der Waals surface area contributed by atoms with Gasteiger partial charge in [-0.3, -0.25) is 9.36 Å². The number of aromatic hydroxyl groups is 2. The van der Waals surface area contributed by atoms with E-state index in [-0.39, 0.29) is 30.2 Å². The summed E-state index contributed by atoms with van der Waals surface area (Å²) in [6, 6.07) is 1.33. The Morgan fingerprint density at radius 3 is 2.62 bits per heavy atom. The molecule has 72 valence electrons. The van der Waals surface area contributed by atoms with E-state index in [1.54, 1.807) is 0 Å². The maximum Gasteiger partial charge on any atom is 0.207 e. The monoisotopic (exact) mass is 219 g/mol. The van der Waals surface area contributed by atoms with Gasteiger partial charge < -0.3 is 10.2 Å². The van der Waals surface area contributed by atoms with E-state index in [4.69, 9.17) is 0 Å². The van der Waals surface area contributed by atoms with Crippen LogP contribution in [0.5, 0.6) is 11.8 Å². The minimum Gasteiger partial charge on any atom is -0.494 e. The SMILES string of the molecule is O=C(P)CCn1c(O)cc(S)c1O. The second kappa shape index (κ2) is 4.03. The molecule has 0 saturated heterocycles. The topological polar surface area (TPSA) is 62.5 Å². The van der Waals surface area contributed by atoms with E-state index in [1.807, 2.05) is 9.24 Å². The Hall–Kier alpha value is -0.670. The van der Waals surface area contributed by atoms with Gasteiger partial charge >= 0.3 is 0 Å². The molecule has 0 radical (unpaired) electrons. The first-order valence-corrected chi connectivity index (χ1v) is 4.63. The normalized spacial score (nSPS) is 10.3. The van der Waals surface area contributed by atoms with Crippen LogP contribution in [-0.2, 0) is 11.3 Å². The predicted molar refractivity (Wildman–Crippen MR) is 54.3 cm³/mol. The molecule has 0 amide bonds. The lowest BCUT2D eigenvalue weighted by Gasteiger charge is -2.04. The van der Waals surface area contributed by atoms with E-state index in [1.165, 1.54) is 10.6 Å². The summed E-state index contributed by atoms with van der Waals surface area (Å²) >= 11 is 3.91. The largest absolute Gasteiger partial charge is 0.494 e. The molecule has 2 N–H and O–H groups in total. The standard InChI is InChI=1S/C7H10NO3PS/c9-5-3-4(13)7(11)8(5)2-1-6(10)12/h3,9,11,13H,1-2,12H2. The summed E-state index contributed by atoms with van der Waals surface area (Å²) < 4.78 is 1.23. The number of hydrogen-bond donors (Lipinski definition) is 3. The lowest BCUT2D eigenvalue weighted by atomic mass is 10.4. The first-order chi connectivity index (χ1) is 6.02. The van der Waals surface area contributed by atoms with Crippen LogP contribution in [0.4, 0.5) is 0 Å². The Morgan fingerprint density at radius 1 is 1.62 bits per heavy atom. The first kappa shape index (κ1) is 10.4. The molecule has 0 aliphatic carbocycles. The minimum atomic E-state index is -0.118. The zero-order valence-electron chi connectivity index (χ0n) is 6.77. The van der Waals surface area contributed by atoms with E-state index in [2.05, 4.69) is 12.6 Å². The second-order valence-electron chi connectivity index (χ2n) is 2.58. The summed E-state index contributed by atoms with van der Waals surface area (Å²) in [7, 11) is 2.03. The van der Waals surface area contributed by atoms with Crippen LogP contribution in [0, 0.1) is 0 Å². The van der Waals surface area contributed by atoms with Crippen LogP contribution in [0.15, 0.2) is 11.0 Å². The van der Waals surface area contributed by atoms with Crippen LogP contribution in [0.3, 0.4) is 0 Å². The summed E-state index contributed by atoms with van der Waals surface area (Å²) in [5.41, 5.74) is -0.0757. The van der Waals surface area contributed by atoms with E-state index in [0.717, 1.165) is 0 Å². The van der Waals surface area contributed by atoms with E-state index in [9.17, 15) is 15.0 Å². The zero-order chi connectivity index (χ0) is 10.0. The Balaban J connectivity index is 2.81. The molecule has 4 nitrogen and oxygen atoms in total. The average Bonchev–Trinajstić information content (AvgIpc) is 2.24. The molecule has 1 atom stereocenters. The van der Waals surface area contributed by atoms with E-state index >= 15 is 0 Å². The van der Waals surface area contributed by atoms with Gasteiger partial charge in [0.25, 0.3) is 0 Å². The van der Waals surface area contributed by atoms with Gasteiger partial charge in [0.1, 0.15) is 5.52 Å². The van der Waals surface area contributed by atoms with Crippen LogP contribution >= 0.6 is 21.9 Å². The van der Waals surface area contributed by atoms with Crippen LogP contribution in [0.25, 0.3) is 0 Å². The molecule has 1 rings (SSSR count). The Bertz CT molecular complexity index is 337. The van der Waals surface area contributed by atoms with Crippen molar-refractivity contribution < 1.29 is 15.0 Å². The third-order valence-corrected chi connectivity index (χ3v) is 2.23. The number of aromatic nitrogens is 1. The van der Waals surface area contributed by atoms with Crippen LogP contribution in [-0.4, -0.2) is 20.3 Å². The van der Waals surface area contributed by atoms with Crippen molar-refractivity contribution in [3.8, 4) is 11.8 Å². The smallest absolute Gasteiger partial charge is 0.207 e. The van der Waals surface area contributed by atoms with Gasteiger partial charge in [0, 0.05) is 19.0 Å². The van der Waals surface area contributed by atoms with Crippen LogP contribution < -0.4 is 0 Å². The van der Waals surface area contributed by atoms with E-state index < -0.39 is 0 Å². The van der Waals surface area contributed by atoms with Crippen molar-refractivity contribution in [3.63, 3.8) is 0 Å². The third kappa shape index (κ3) is 2.39. The number of rotatable bonds is 3. The fraction of sp³-hybridized carbons (Fsp3) is 0.286. The summed E-state index contributed by atoms with van der Waals surface area (Å²) in [6.45, 7) is 0.251. The quantitative estimate of drug-likeness (QED) is 0.524. The van der Waals surface area contributed by atoms with Crippen molar-refractivity contribution in [2.45, 2.75) is 17.9 Å². The Kier molecular flexibility index (Phi) is 3.22. The molecule has 0 aromatic carbocycles. The van der Waals surface area contributed by atoms with Gasteiger partial charge in [-0.2, -0.15) is 0 Å².